The van der Waals surface area contributed by atoms with Gasteiger partial charge in [0.15, 0.2) is 0 Å². The average molecular weight is 229 g/mol. The third-order valence-corrected chi connectivity index (χ3v) is 3.31. The molecule has 3 rings (SSSR count). The largest absolute Gasteiger partial charge is 0.497 e. The summed E-state index contributed by atoms with van der Waals surface area (Å²) < 4.78 is 7.46. The van der Waals surface area contributed by atoms with E-state index < -0.39 is 0 Å². The highest BCUT2D eigenvalue weighted by Crippen LogP contribution is 2.32. The van der Waals surface area contributed by atoms with E-state index in [1.807, 2.05) is 12.3 Å². The number of nitrogens with two attached hydrogens (primary N) is 1. The van der Waals surface area contributed by atoms with Crippen molar-refractivity contribution >= 4 is 0 Å². The minimum Gasteiger partial charge on any atom is -0.497 e. The van der Waals surface area contributed by atoms with Crippen LogP contribution in [0.2, 0.25) is 0 Å². The molecule has 0 saturated heterocycles. The molecular formula is C13H15N3O. The van der Waals surface area contributed by atoms with Crippen molar-refractivity contribution in [2.24, 2.45) is 5.73 Å². The Kier molecular flexibility index (Phi) is 2.37. The van der Waals surface area contributed by atoms with Gasteiger partial charge in [0.2, 0.25) is 0 Å². The van der Waals surface area contributed by atoms with Gasteiger partial charge in [-0.1, -0.05) is 0 Å². The first-order valence-electron chi connectivity index (χ1n) is 5.75. The molecule has 2 heterocycles. The third-order valence-electron chi connectivity index (χ3n) is 3.31. The second kappa shape index (κ2) is 3.89. The predicted molar refractivity (Wildman–Crippen MR) is 65.8 cm³/mol. The highest BCUT2D eigenvalue weighted by atomic mass is 16.5. The van der Waals surface area contributed by atoms with Crippen LogP contribution in [-0.2, 0) is 19.5 Å². The van der Waals surface area contributed by atoms with Crippen molar-refractivity contribution in [3.63, 3.8) is 0 Å². The van der Waals surface area contributed by atoms with Crippen LogP contribution in [0.1, 0.15) is 11.4 Å². The molecule has 0 unspecified atom stereocenters. The number of nitrogens with zero attached hydrogens (tertiary/aromatic N) is 2. The number of hydrogen-bond acceptors (Lipinski definition) is 3. The predicted octanol–water partition coefficient (Wildman–Crippen LogP) is 1.57. The first-order chi connectivity index (χ1) is 8.33. The highest BCUT2D eigenvalue weighted by molar-refractivity contribution is 5.66. The Labute approximate surface area is 100 Å². The lowest BCUT2D eigenvalue weighted by Gasteiger charge is -2.20. The molecule has 4 nitrogen and oxygen atoms in total. The summed E-state index contributed by atoms with van der Waals surface area (Å²) in [4.78, 5) is 4.36. The number of ether oxygens (including phenoxy) is 1. The van der Waals surface area contributed by atoms with E-state index in [1.54, 1.807) is 7.11 Å². The summed E-state index contributed by atoms with van der Waals surface area (Å²) in [7, 11) is 1.70. The van der Waals surface area contributed by atoms with Gasteiger partial charge in [-0.25, -0.2) is 4.98 Å². The molecule has 0 saturated carbocycles. The number of aryl methyl sites for hydroxylation is 1. The van der Waals surface area contributed by atoms with Crippen molar-refractivity contribution < 1.29 is 4.74 Å². The van der Waals surface area contributed by atoms with Crippen LogP contribution in [0, 0.1) is 0 Å². The molecule has 4 heteroatoms. The van der Waals surface area contributed by atoms with Gasteiger partial charge in [0.05, 0.1) is 25.5 Å². The Bertz CT molecular complexity index is 560. The van der Waals surface area contributed by atoms with Gasteiger partial charge >= 0.3 is 0 Å². The van der Waals surface area contributed by atoms with Gasteiger partial charge in [-0.2, -0.15) is 0 Å². The fraction of sp³-hybridized carbons (Fsp3) is 0.308. The second-order valence-electron chi connectivity index (χ2n) is 4.19. The van der Waals surface area contributed by atoms with Crippen LogP contribution in [0.25, 0.3) is 11.3 Å². The van der Waals surface area contributed by atoms with Crippen molar-refractivity contribution in [2.45, 2.75) is 19.5 Å². The van der Waals surface area contributed by atoms with Crippen LogP contribution in [0.15, 0.2) is 24.4 Å². The summed E-state index contributed by atoms with van der Waals surface area (Å²) in [5.74, 6) is 1.87. The van der Waals surface area contributed by atoms with Crippen molar-refractivity contribution in [1.29, 1.82) is 0 Å². The summed E-state index contributed by atoms with van der Waals surface area (Å²) in [6.45, 7) is 1.44. The van der Waals surface area contributed by atoms with Crippen LogP contribution < -0.4 is 10.5 Å². The lowest BCUT2D eigenvalue weighted by molar-refractivity contribution is 0.414. The van der Waals surface area contributed by atoms with E-state index >= 15 is 0 Å². The summed E-state index contributed by atoms with van der Waals surface area (Å²) in [6.07, 6.45) is 2.91. The Hall–Kier alpha value is -1.81. The summed E-state index contributed by atoms with van der Waals surface area (Å²) in [6, 6.07) is 6.19. The van der Waals surface area contributed by atoms with Gasteiger partial charge in [-0.15, -0.1) is 0 Å². The van der Waals surface area contributed by atoms with Gasteiger partial charge in [0, 0.05) is 12.1 Å². The Morgan fingerprint density at radius 1 is 1.47 bits per heavy atom. The molecule has 2 N–H and O–H groups in total. The van der Waals surface area contributed by atoms with Crippen molar-refractivity contribution in [3.05, 3.63) is 35.8 Å². The quantitative estimate of drug-likeness (QED) is 0.850. The minimum atomic E-state index is 0.492. The number of hydrogen-bond donors (Lipinski definition) is 1. The Morgan fingerprint density at radius 2 is 2.35 bits per heavy atom. The SMILES string of the molecule is COc1ccc2c(c1)CCn1c-2cnc1CN. The van der Waals surface area contributed by atoms with Gasteiger partial charge < -0.3 is 15.0 Å². The maximum Gasteiger partial charge on any atom is 0.122 e. The van der Waals surface area contributed by atoms with Gasteiger partial charge in [0.1, 0.15) is 11.6 Å². The molecule has 0 aliphatic carbocycles. The van der Waals surface area contributed by atoms with E-state index in [0.29, 0.717) is 6.54 Å². The number of methoxy groups -OCH3 is 1. The van der Waals surface area contributed by atoms with Crippen molar-refractivity contribution in [3.8, 4) is 17.0 Å². The van der Waals surface area contributed by atoms with Crippen LogP contribution >= 0.6 is 0 Å². The van der Waals surface area contributed by atoms with Gasteiger partial charge in [0.25, 0.3) is 0 Å². The van der Waals surface area contributed by atoms with E-state index in [0.717, 1.165) is 30.2 Å². The smallest absolute Gasteiger partial charge is 0.122 e. The van der Waals surface area contributed by atoms with E-state index in [4.69, 9.17) is 10.5 Å². The van der Waals surface area contributed by atoms with Gasteiger partial charge in [-0.05, 0) is 30.2 Å². The first kappa shape index (κ1) is 10.4. The fourth-order valence-electron chi connectivity index (χ4n) is 2.43. The molecule has 1 aromatic heterocycles. The van der Waals surface area contributed by atoms with E-state index in [-0.39, 0.29) is 0 Å². The minimum absolute atomic E-state index is 0.492. The number of benzene rings is 1. The Balaban J connectivity index is 2.14. The number of aromatic nitrogens is 2. The molecule has 1 aromatic carbocycles. The molecule has 0 bridgehead atoms. The highest BCUT2D eigenvalue weighted by Gasteiger charge is 2.19. The zero-order chi connectivity index (χ0) is 11.8. The maximum atomic E-state index is 5.68. The van der Waals surface area contributed by atoms with Gasteiger partial charge in [-0.3, -0.25) is 0 Å². The molecule has 0 amide bonds. The Morgan fingerprint density at radius 3 is 3.12 bits per heavy atom. The molecule has 0 radical (unpaired) electrons. The maximum absolute atomic E-state index is 5.68. The zero-order valence-electron chi connectivity index (χ0n) is 9.81. The molecular weight excluding hydrogens is 214 g/mol. The average Bonchev–Trinajstić information content (AvgIpc) is 2.81. The third kappa shape index (κ3) is 1.52. The van der Waals surface area contributed by atoms with Crippen LogP contribution in [0.4, 0.5) is 0 Å². The van der Waals surface area contributed by atoms with E-state index in [9.17, 15) is 0 Å². The van der Waals surface area contributed by atoms with E-state index in [2.05, 4.69) is 21.7 Å². The lowest BCUT2D eigenvalue weighted by Crippen LogP contribution is -2.15. The standard InChI is InChI=1S/C13H15N3O/c1-17-10-2-3-11-9(6-10)4-5-16-12(11)8-15-13(16)7-14/h2-3,6,8H,4-5,7,14H2,1H3. The fourth-order valence-corrected chi connectivity index (χ4v) is 2.43. The topological polar surface area (TPSA) is 53.1 Å². The normalized spacial score (nSPS) is 13.1. The van der Waals surface area contributed by atoms with Crippen LogP contribution in [0.5, 0.6) is 5.75 Å². The molecule has 0 atom stereocenters. The van der Waals surface area contributed by atoms with Crippen molar-refractivity contribution in [2.75, 3.05) is 7.11 Å². The van der Waals surface area contributed by atoms with Crippen LogP contribution in [0.3, 0.4) is 0 Å². The molecule has 0 spiro atoms. The molecule has 88 valence electrons. The summed E-state index contributed by atoms with van der Waals surface area (Å²) >= 11 is 0. The molecule has 0 fully saturated rings. The van der Waals surface area contributed by atoms with E-state index in [1.165, 1.54) is 11.1 Å². The lowest BCUT2D eigenvalue weighted by atomic mass is 9.98. The summed E-state index contributed by atoms with van der Waals surface area (Å²) in [5.41, 5.74) is 9.40. The molecule has 17 heavy (non-hydrogen) atoms. The molecule has 2 aromatic rings. The first-order valence-corrected chi connectivity index (χ1v) is 5.75. The van der Waals surface area contributed by atoms with Crippen LogP contribution in [-0.4, -0.2) is 16.7 Å². The molecule has 1 aliphatic rings. The number of rotatable bonds is 2. The zero-order valence-corrected chi connectivity index (χ0v) is 9.81. The number of imidazole rings is 1. The number of fused-ring (bicyclic) bond motifs is 3. The molecule has 1 aliphatic heterocycles. The van der Waals surface area contributed by atoms with Crippen molar-refractivity contribution in [1.82, 2.24) is 9.55 Å². The summed E-state index contributed by atoms with van der Waals surface area (Å²) in [5, 5.41) is 0. The second-order valence-corrected chi connectivity index (χ2v) is 4.19. The monoisotopic (exact) mass is 229 g/mol.